The van der Waals surface area contributed by atoms with Gasteiger partial charge in [-0.1, -0.05) is 24.3 Å². The van der Waals surface area contributed by atoms with Gasteiger partial charge in [-0.2, -0.15) is 4.72 Å². The lowest BCUT2D eigenvalue weighted by molar-refractivity contribution is -0.124. The predicted octanol–water partition coefficient (Wildman–Crippen LogP) is 2.77. The average molecular weight is 536 g/mol. The minimum atomic E-state index is -3.91. The molecular weight excluding hydrogens is 510 g/mol. The number of ether oxygens (including phenoxy) is 2. The van der Waals surface area contributed by atoms with Gasteiger partial charge in [0, 0.05) is 5.69 Å². The Kier molecular flexibility index (Phi) is 5.86. The highest BCUT2D eigenvalue weighted by Gasteiger charge is 2.51. The molecule has 2 amide bonds. The summed E-state index contributed by atoms with van der Waals surface area (Å²) in [6.45, 7) is 2.05. The van der Waals surface area contributed by atoms with E-state index in [9.17, 15) is 18.0 Å². The molecule has 10 nitrogen and oxygen atoms in total. The van der Waals surface area contributed by atoms with Gasteiger partial charge in [0.25, 0.3) is 5.91 Å². The van der Waals surface area contributed by atoms with Gasteiger partial charge in [0.2, 0.25) is 22.7 Å². The van der Waals surface area contributed by atoms with Crippen molar-refractivity contribution in [3.05, 3.63) is 71.8 Å². The molecule has 3 N–H and O–H groups in total. The number of benzene rings is 3. The van der Waals surface area contributed by atoms with E-state index in [2.05, 4.69) is 15.5 Å². The second-order valence-electron chi connectivity index (χ2n) is 9.61. The molecule has 2 aliphatic heterocycles. The van der Waals surface area contributed by atoms with Crippen LogP contribution in [0.2, 0.25) is 0 Å². The van der Waals surface area contributed by atoms with Crippen molar-refractivity contribution >= 4 is 27.5 Å². The topological polar surface area (TPSA) is 132 Å². The molecular formula is C27H25N3O7S. The molecule has 6 rings (SSSR count). The second-order valence-corrected chi connectivity index (χ2v) is 11.3. The van der Waals surface area contributed by atoms with E-state index in [1.54, 1.807) is 12.1 Å². The number of fused-ring (bicyclic) bond motifs is 1. The Balaban J connectivity index is 1.20. The van der Waals surface area contributed by atoms with E-state index in [-0.39, 0.29) is 24.2 Å². The number of carbonyl (C=O) groups is 2. The van der Waals surface area contributed by atoms with E-state index in [0.29, 0.717) is 17.2 Å². The highest BCUT2D eigenvalue weighted by Crippen LogP contribution is 2.51. The van der Waals surface area contributed by atoms with Gasteiger partial charge >= 0.3 is 0 Å². The van der Waals surface area contributed by atoms with Crippen LogP contribution in [0.3, 0.4) is 0 Å². The molecule has 3 aromatic rings. The molecule has 3 aliphatic rings. The first-order chi connectivity index (χ1) is 18.2. The molecule has 0 bridgehead atoms. The predicted molar refractivity (Wildman–Crippen MR) is 137 cm³/mol. The molecule has 3 aromatic carbocycles. The van der Waals surface area contributed by atoms with Gasteiger partial charge < -0.3 is 14.8 Å². The summed E-state index contributed by atoms with van der Waals surface area (Å²) in [5.41, 5.74) is 5.68. The number of carbonyl (C=O) groups excluding carboxylic acids is 2. The van der Waals surface area contributed by atoms with Crippen molar-refractivity contribution in [3.8, 4) is 22.6 Å². The van der Waals surface area contributed by atoms with E-state index in [1.165, 1.54) is 12.1 Å². The van der Waals surface area contributed by atoms with Crippen LogP contribution in [0.25, 0.3) is 11.1 Å². The molecule has 0 unspecified atom stereocenters. The number of anilines is 1. The van der Waals surface area contributed by atoms with Crippen LogP contribution < -0.4 is 25.0 Å². The summed E-state index contributed by atoms with van der Waals surface area (Å²) >= 11 is 0. The summed E-state index contributed by atoms with van der Waals surface area (Å²) in [5, 5.41) is 3.06. The van der Waals surface area contributed by atoms with Gasteiger partial charge in [0.15, 0.2) is 11.5 Å². The zero-order chi connectivity index (χ0) is 26.5. The van der Waals surface area contributed by atoms with Crippen LogP contribution in [0.5, 0.6) is 11.5 Å². The third kappa shape index (κ3) is 4.38. The molecule has 2 fully saturated rings. The Hall–Kier alpha value is -3.93. The maximum atomic E-state index is 13.4. The Morgan fingerprint density at radius 1 is 1.00 bits per heavy atom. The van der Waals surface area contributed by atoms with Crippen molar-refractivity contribution in [2.75, 3.05) is 18.7 Å². The molecule has 1 saturated carbocycles. The quantitative estimate of drug-likeness (QED) is 0.424. The van der Waals surface area contributed by atoms with Crippen LogP contribution in [0.15, 0.2) is 65.6 Å². The van der Waals surface area contributed by atoms with Crippen LogP contribution in [0, 0.1) is 6.92 Å². The smallest absolute Gasteiger partial charge is 0.264 e. The van der Waals surface area contributed by atoms with Gasteiger partial charge in [0.05, 0.1) is 10.3 Å². The van der Waals surface area contributed by atoms with Crippen molar-refractivity contribution in [2.24, 2.45) is 0 Å². The third-order valence-corrected chi connectivity index (χ3v) is 8.61. The largest absolute Gasteiger partial charge is 0.454 e. The standard InChI is InChI=1S/C27H25N3O7S/c1-16-2-6-19(28-26(32)27(10-11-27)18-5-9-23-24(12-18)36-15-35-23)13-21(16)17-3-7-20(8-4-17)38(33,34)30-22-14-37-29-25(22)31/h2-9,12-13,22,30H,10-11,14-15H2,1H3,(H,28,32)(H,29,31)/t22-/m1/s1. The highest BCUT2D eigenvalue weighted by atomic mass is 32.2. The highest BCUT2D eigenvalue weighted by molar-refractivity contribution is 7.89. The average Bonchev–Trinajstić information content (AvgIpc) is 3.43. The van der Waals surface area contributed by atoms with Crippen molar-refractivity contribution in [2.45, 2.75) is 36.1 Å². The fourth-order valence-electron chi connectivity index (χ4n) is 4.73. The fraction of sp³-hybridized carbons (Fsp3) is 0.259. The number of rotatable bonds is 7. The number of nitrogens with one attached hydrogen (secondary N) is 3. The van der Waals surface area contributed by atoms with E-state index in [4.69, 9.17) is 14.3 Å². The summed E-state index contributed by atoms with van der Waals surface area (Å²) in [4.78, 5) is 29.8. The van der Waals surface area contributed by atoms with Crippen LogP contribution in [0.1, 0.15) is 24.0 Å². The first-order valence-electron chi connectivity index (χ1n) is 12.1. The first kappa shape index (κ1) is 24.4. The molecule has 0 spiro atoms. The maximum Gasteiger partial charge on any atom is 0.264 e. The number of amides is 2. The van der Waals surface area contributed by atoms with Crippen molar-refractivity contribution in [1.29, 1.82) is 0 Å². The van der Waals surface area contributed by atoms with Crippen LogP contribution in [0.4, 0.5) is 5.69 Å². The number of hydrogen-bond acceptors (Lipinski definition) is 7. The first-order valence-corrected chi connectivity index (χ1v) is 13.6. The Morgan fingerprint density at radius 3 is 2.47 bits per heavy atom. The lowest BCUT2D eigenvalue weighted by Crippen LogP contribution is -2.41. The molecule has 196 valence electrons. The summed E-state index contributed by atoms with van der Waals surface area (Å²) in [5.74, 6) is 0.713. The Labute approximate surface area is 219 Å². The van der Waals surface area contributed by atoms with Gasteiger partial charge in [-0.15, -0.1) is 0 Å². The fourth-order valence-corrected chi connectivity index (χ4v) is 5.91. The molecule has 0 aromatic heterocycles. The molecule has 0 radical (unpaired) electrons. The molecule has 11 heteroatoms. The minimum Gasteiger partial charge on any atom is -0.454 e. The summed E-state index contributed by atoms with van der Waals surface area (Å²) in [7, 11) is -3.91. The lowest BCUT2D eigenvalue weighted by Gasteiger charge is -2.17. The van der Waals surface area contributed by atoms with Crippen LogP contribution in [-0.4, -0.2) is 39.7 Å². The Bertz CT molecular complexity index is 1550. The molecule has 1 saturated heterocycles. The maximum absolute atomic E-state index is 13.4. The number of hydroxylamine groups is 1. The van der Waals surface area contributed by atoms with E-state index >= 15 is 0 Å². The van der Waals surface area contributed by atoms with E-state index < -0.39 is 27.4 Å². The molecule has 1 atom stereocenters. The van der Waals surface area contributed by atoms with Crippen LogP contribution >= 0.6 is 0 Å². The summed E-state index contributed by atoms with van der Waals surface area (Å²) in [6, 6.07) is 16.7. The second kappa shape index (κ2) is 9.12. The lowest BCUT2D eigenvalue weighted by atomic mass is 9.94. The zero-order valence-corrected chi connectivity index (χ0v) is 21.3. The van der Waals surface area contributed by atoms with Crippen molar-refractivity contribution in [3.63, 3.8) is 0 Å². The van der Waals surface area contributed by atoms with Crippen LogP contribution in [-0.2, 0) is 29.9 Å². The monoisotopic (exact) mass is 535 g/mol. The third-order valence-electron chi connectivity index (χ3n) is 7.12. The zero-order valence-electron chi connectivity index (χ0n) is 20.4. The van der Waals surface area contributed by atoms with Crippen molar-refractivity contribution < 1.29 is 32.3 Å². The number of aryl methyl sites for hydroxylation is 1. The number of hydrogen-bond donors (Lipinski definition) is 3. The summed E-state index contributed by atoms with van der Waals surface area (Å²) < 4.78 is 38.6. The minimum absolute atomic E-state index is 0.0301. The van der Waals surface area contributed by atoms with Gasteiger partial charge in [-0.05, 0) is 78.4 Å². The molecule has 1 aliphatic carbocycles. The van der Waals surface area contributed by atoms with Gasteiger partial charge in [0.1, 0.15) is 12.6 Å². The molecule has 2 heterocycles. The number of sulfonamides is 1. The Morgan fingerprint density at radius 2 is 1.76 bits per heavy atom. The van der Waals surface area contributed by atoms with E-state index in [0.717, 1.165) is 35.1 Å². The van der Waals surface area contributed by atoms with Gasteiger partial charge in [-0.25, -0.2) is 13.9 Å². The van der Waals surface area contributed by atoms with Crippen molar-refractivity contribution in [1.82, 2.24) is 10.2 Å². The normalized spacial score (nSPS) is 19.2. The van der Waals surface area contributed by atoms with E-state index in [1.807, 2.05) is 43.3 Å². The SMILES string of the molecule is Cc1ccc(NC(=O)C2(c3ccc4c(c3)OCO4)CC2)cc1-c1ccc(S(=O)(=O)N[C@@H]2CONC2=O)cc1. The molecule has 38 heavy (non-hydrogen) atoms. The van der Waals surface area contributed by atoms with Gasteiger partial charge in [-0.3, -0.25) is 14.4 Å². The summed E-state index contributed by atoms with van der Waals surface area (Å²) in [6.07, 6.45) is 1.49.